The normalized spacial score (nSPS) is 14.7. The molecule has 2 aromatic carbocycles. The van der Waals surface area contributed by atoms with Crippen molar-refractivity contribution < 1.29 is 37.3 Å². The van der Waals surface area contributed by atoms with Crippen molar-refractivity contribution in [2.24, 2.45) is 0 Å². The molecule has 4 rings (SSSR count). The van der Waals surface area contributed by atoms with Gasteiger partial charge in [0.1, 0.15) is 6.61 Å². The fourth-order valence-electron chi connectivity index (χ4n) is 5.32. The Kier molecular flexibility index (Phi) is 11.3. The SMILES string of the molecule is COc1cc(C(F)(F)C(=O)N2CCC[C@H]2COC(=O)N(CCCc2cccnc2)CCc2ccccc2)cc(OC)c1OC. The van der Waals surface area contributed by atoms with E-state index in [2.05, 4.69) is 4.98 Å². The summed E-state index contributed by atoms with van der Waals surface area (Å²) in [6, 6.07) is 15.1. The third kappa shape index (κ3) is 7.94. The van der Waals surface area contributed by atoms with Crippen molar-refractivity contribution >= 4 is 12.0 Å². The Morgan fingerprint density at radius 1 is 0.955 bits per heavy atom. The van der Waals surface area contributed by atoms with Crippen LogP contribution in [0.1, 0.15) is 36.0 Å². The van der Waals surface area contributed by atoms with Crippen LogP contribution in [0.3, 0.4) is 0 Å². The third-order valence-electron chi connectivity index (χ3n) is 7.72. The summed E-state index contributed by atoms with van der Waals surface area (Å²) in [5, 5.41) is 0. The minimum Gasteiger partial charge on any atom is -0.493 e. The summed E-state index contributed by atoms with van der Waals surface area (Å²) in [5.74, 6) is -5.08. The van der Waals surface area contributed by atoms with Crippen LogP contribution in [0.15, 0.2) is 67.0 Å². The number of carbonyl (C=O) groups excluding carboxylic acids is 2. The zero-order valence-electron chi connectivity index (χ0n) is 25.3. The molecule has 1 saturated heterocycles. The Bertz CT molecular complexity index is 1350. The van der Waals surface area contributed by atoms with Crippen molar-refractivity contribution in [3.8, 4) is 17.2 Å². The van der Waals surface area contributed by atoms with Crippen molar-refractivity contribution in [1.82, 2.24) is 14.8 Å². The molecule has 3 aromatic rings. The van der Waals surface area contributed by atoms with Crippen molar-refractivity contribution in [3.63, 3.8) is 0 Å². The van der Waals surface area contributed by atoms with Crippen LogP contribution in [0.2, 0.25) is 0 Å². The average Bonchev–Trinajstić information content (AvgIpc) is 3.53. The number of aryl methyl sites for hydroxylation is 1. The molecule has 1 aromatic heterocycles. The van der Waals surface area contributed by atoms with E-state index in [1.54, 1.807) is 17.3 Å². The smallest absolute Gasteiger partial charge is 0.409 e. The standard InChI is InChI=1S/C33H39F2N3O6/c1-41-28-20-26(21-29(42-2)30(28)43-3)33(34,35)31(39)38-18-9-14-27(38)23-44-32(40)37(19-15-24-10-5-4-6-11-24)17-8-13-25-12-7-16-36-22-25/h4-7,10-12,16,20-22,27H,8-9,13-15,17-19,23H2,1-3H3/t27-/m0/s1. The molecule has 9 nitrogen and oxygen atoms in total. The van der Waals surface area contributed by atoms with Gasteiger partial charge in [0.25, 0.3) is 5.91 Å². The highest BCUT2D eigenvalue weighted by Crippen LogP contribution is 2.43. The molecule has 0 aliphatic carbocycles. The maximum Gasteiger partial charge on any atom is 0.409 e. The lowest BCUT2D eigenvalue weighted by molar-refractivity contribution is -0.160. The molecule has 0 bridgehead atoms. The highest BCUT2D eigenvalue weighted by atomic mass is 19.3. The van der Waals surface area contributed by atoms with Crippen LogP contribution in [0.5, 0.6) is 17.2 Å². The Morgan fingerprint density at radius 3 is 2.30 bits per heavy atom. The number of nitrogens with zero attached hydrogens (tertiary/aromatic N) is 3. The van der Waals surface area contributed by atoms with E-state index in [1.807, 2.05) is 42.5 Å². The predicted octanol–water partition coefficient (Wildman–Crippen LogP) is 5.50. The second-order valence-corrected chi connectivity index (χ2v) is 10.5. The summed E-state index contributed by atoms with van der Waals surface area (Å²) in [6.07, 6.45) is 6.00. The van der Waals surface area contributed by atoms with Gasteiger partial charge < -0.3 is 28.7 Å². The van der Waals surface area contributed by atoms with E-state index in [9.17, 15) is 9.59 Å². The van der Waals surface area contributed by atoms with Gasteiger partial charge in [0.2, 0.25) is 5.75 Å². The van der Waals surface area contributed by atoms with Crippen LogP contribution in [-0.2, 0) is 28.3 Å². The van der Waals surface area contributed by atoms with Crippen LogP contribution >= 0.6 is 0 Å². The van der Waals surface area contributed by atoms with E-state index in [-0.39, 0.29) is 30.4 Å². The molecule has 1 aliphatic heterocycles. The summed E-state index contributed by atoms with van der Waals surface area (Å²) in [5.41, 5.74) is 1.57. The number of likely N-dealkylation sites (tertiary alicyclic amines) is 1. The van der Waals surface area contributed by atoms with Gasteiger partial charge in [-0.3, -0.25) is 9.78 Å². The van der Waals surface area contributed by atoms with E-state index in [0.29, 0.717) is 38.8 Å². The number of benzene rings is 2. The van der Waals surface area contributed by atoms with Gasteiger partial charge in [0, 0.05) is 37.6 Å². The molecule has 0 spiro atoms. The lowest BCUT2D eigenvalue weighted by atomic mass is 10.0. The van der Waals surface area contributed by atoms with Crippen molar-refractivity contribution in [2.75, 3.05) is 47.6 Å². The van der Waals surface area contributed by atoms with Crippen LogP contribution < -0.4 is 14.2 Å². The van der Waals surface area contributed by atoms with Crippen LogP contribution in [-0.4, -0.2) is 80.4 Å². The first-order valence-electron chi connectivity index (χ1n) is 14.6. The number of amides is 2. The molecule has 11 heteroatoms. The molecule has 0 radical (unpaired) electrons. The highest BCUT2D eigenvalue weighted by Gasteiger charge is 2.48. The largest absolute Gasteiger partial charge is 0.493 e. The predicted molar refractivity (Wildman–Crippen MR) is 160 cm³/mol. The lowest BCUT2D eigenvalue weighted by Gasteiger charge is -2.30. The summed E-state index contributed by atoms with van der Waals surface area (Å²) in [6.45, 7) is 0.833. The fraction of sp³-hybridized carbons (Fsp3) is 0.424. The van der Waals surface area contributed by atoms with Crippen LogP contribution in [0.4, 0.5) is 13.6 Å². The number of hydrogen-bond donors (Lipinski definition) is 0. The Morgan fingerprint density at radius 2 is 1.66 bits per heavy atom. The molecular formula is C33H39F2N3O6. The fourth-order valence-corrected chi connectivity index (χ4v) is 5.32. The monoisotopic (exact) mass is 611 g/mol. The number of rotatable bonds is 14. The number of pyridine rings is 1. The molecule has 1 fully saturated rings. The molecular weight excluding hydrogens is 572 g/mol. The molecule has 236 valence electrons. The van der Waals surface area contributed by atoms with Gasteiger partial charge in [-0.05, 0) is 61.4 Å². The number of hydrogen-bond acceptors (Lipinski definition) is 7. The summed E-state index contributed by atoms with van der Waals surface area (Å²) < 4.78 is 52.6. The molecule has 0 saturated carbocycles. The van der Waals surface area contributed by atoms with Gasteiger partial charge in [-0.25, -0.2) is 4.79 Å². The number of methoxy groups -OCH3 is 3. The maximum absolute atomic E-state index is 15.6. The minimum absolute atomic E-state index is 0.0142. The number of alkyl halides is 2. The summed E-state index contributed by atoms with van der Waals surface area (Å²) >= 11 is 0. The molecule has 0 N–H and O–H groups in total. The van der Waals surface area contributed by atoms with Gasteiger partial charge >= 0.3 is 12.0 Å². The van der Waals surface area contributed by atoms with Crippen molar-refractivity contribution in [1.29, 1.82) is 0 Å². The van der Waals surface area contributed by atoms with E-state index < -0.39 is 29.5 Å². The quantitative estimate of drug-likeness (QED) is 0.238. The van der Waals surface area contributed by atoms with Gasteiger partial charge in [0.05, 0.1) is 27.4 Å². The number of halogens is 2. The van der Waals surface area contributed by atoms with Crippen molar-refractivity contribution in [3.05, 3.63) is 83.7 Å². The molecule has 2 amide bonds. The third-order valence-corrected chi connectivity index (χ3v) is 7.72. The molecule has 2 heterocycles. The van der Waals surface area contributed by atoms with Crippen LogP contribution in [0.25, 0.3) is 0 Å². The van der Waals surface area contributed by atoms with Gasteiger partial charge in [-0.15, -0.1) is 0 Å². The Hall–Kier alpha value is -4.41. The molecule has 1 atom stereocenters. The Balaban J connectivity index is 1.42. The second-order valence-electron chi connectivity index (χ2n) is 10.5. The van der Waals surface area contributed by atoms with E-state index in [4.69, 9.17) is 18.9 Å². The van der Waals surface area contributed by atoms with E-state index in [0.717, 1.165) is 34.6 Å². The van der Waals surface area contributed by atoms with E-state index >= 15 is 8.78 Å². The molecule has 0 unspecified atom stereocenters. The summed E-state index contributed by atoms with van der Waals surface area (Å²) in [7, 11) is 3.99. The van der Waals surface area contributed by atoms with Crippen molar-refractivity contribution in [2.45, 2.75) is 44.1 Å². The van der Waals surface area contributed by atoms with Gasteiger partial charge in [0.15, 0.2) is 11.5 Å². The number of carbonyl (C=O) groups is 2. The molecule has 1 aliphatic rings. The van der Waals surface area contributed by atoms with Crippen LogP contribution in [0, 0.1) is 0 Å². The summed E-state index contributed by atoms with van der Waals surface area (Å²) in [4.78, 5) is 33.4. The maximum atomic E-state index is 15.6. The average molecular weight is 612 g/mol. The molecule has 44 heavy (non-hydrogen) atoms. The van der Waals surface area contributed by atoms with Gasteiger partial charge in [-0.1, -0.05) is 36.4 Å². The van der Waals surface area contributed by atoms with E-state index in [1.165, 1.54) is 21.3 Å². The first kappa shape index (κ1) is 32.5. The topological polar surface area (TPSA) is 90.4 Å². The lowest BCUT2D eigenvalue weighted by Crippen LogP contribution is -2.47. The minimum atomic E-state index is -3.88. The first-order chi connectivity index (χ1) is 21.3. The number of ether oxygens (including phenoxy) is 4. The Labute approximate surface area is 256 Å². The second kappa shape index (κ2) is 15.4. The zero-order chi connectivity index (χ0) is 31.5. The zero-order valence-corrected chi connectivity index (χ0v) is 25.3. The number of aromatic nitrogens is 1. The highest BCUT2D eigenvalue weighted by molar-refractivity contribution is 5.86. The first-order valence-corrected chi connectivity index (χ1v) is 14.6. The van der Waals surface area contributed by atoms with Gasteiger partial charge in [-0.2, -0.15) is 8.78 Å².